The quantitative estimate of drug-likeness (QED) is 0.723. The zero-order chi connectivity index (χ0) is 14.1. The summed E-state index contributed by atoms with van der Waals surface area (Å²) in [5, 5.41) is 3.64. The molecule has 3 aromatic rings. The Kier molecular flexibility index (Phi) is 3.58. The van der Waals surface area contributed by atoms with Crippen LogP contribution in [0, 0.1) is 5.82 Å². The van der Waals surface area contributed by atoms with Gasteiger partial charge in [-0.05, 0) is 36.4 Å². The Labute approximate surface area is 127 Å². The van der Waals surface area contributed by atoms with Gasteiger partial charge in [-0.3, -0.25) is 0 Å². The number of anilines is 2. The van der Waals surface area contributed by atoms with Crippen LogP contribution in [0.3, 0.4) is 0 Å². The number of hydrogen-bond donors (Lipinski definition) is 1. The van der Waals surface area contributed by atoms with Gasteiger partial charge in [0, 0.05) is 4.47 Å². The first-order valence-corrected chi connectivity index (χ1v) is 7.43. The lowest BCUT2D eigenvalue weighted by molar-refractivity contribution is 0.415. The fourth-order valence-corrected chi connectivity index (χ4v) is 3.03. The van der Waals surface area contributed by atoms with E-state index in [-0.39, 0.29) is 5.82 Å². The Morgan fingerprint density at radius 3 is 2.85 bits per heavy atom. The Bertz CT molecular complexity index is 775. The Balaban J connectivity index is 1.94. The number of benzene rings is 2. The number of methoxy groups -OCH3 is 1. The number of halogens is 2. The molecule has 0 radical (unpaired) electrons. The van der Waals surface area contributed by atoms with Gasteiger partial charge in [0.2, 0.25) is 0 Å². The normalized spacial score (nSPS) is 10.8. The molecule has 6 heteroatoms. The molecule has 0 aliphatic heterocycles. The van der Waals surface area contributed by atoms with E-state index in [1.165, 1.54) is 17.4 Å². The number of nitrogens with one attached hydrogen (secondary N) is 1. The zero-order valence-corrected chi connectivity index (χ0v) is 12.9. The third-order valence-electron chi connectivity index (χ3n) is 2.77. The average Bonchev–Trinajstić information content (AvgIpc) is 2.83. The predicted molar refractivity (Wildman–Crippen MR) is 83.6 cm³/mol. The second-order valence-electron chi connectivity index (χ2n) is 4.10. The first-order valence-electron chi connectivity index (χ1n) is 5.82. The van der Waals surface area contributed by atoms with Crippen LogP contribution in [0.1, 0.15) is 0 Å². The van der Waals surface area contributed by atoms with Crippen molar-refractivity contribution in [3.05, 3.63) is 46.7 Å². The van der Waals surface area contributed by atoms with Crippen LogP contribution < -0.4 is 10.1 Å². The van der Waals surface area contributed by atoms with Gasteiger partial charge >= 0.3 is 0 Å². The van der Waals surface area contributed by atoms with Crippen LogP contribution in [0.15, 0.2) is 40.9 Å². The molecule has 0 aliphatic carbocycles. The molecule has 0 amide bonds. The number of hydrogen-bond acceptors (Lipinski definition) is 4. The van der Waals surface area contributed by atoms with Gasteiger partial charge in [0.1, 0.15) is 11.6 Å². The van der Waals surface area contributed by atoms with E-state index >= 15 is 0 Å². The average molecular weight is 353 g/mol. The molecule has 1 heterocycles. The molecule has 1 N–H and O–H groups in total. The number of thiazole rings is 1. The van der Waals surface area contributed by atoms with Crippen LogP contribution in [0.2, 0.25) is 0 Å². The summed E-state index contributed by atoms with van der Waals surface area (Å²) in [5.41, 5.74) is 1.26. The smallest absolute Gasteiger partial charge is 0.188 e. The maximum atomic E-state index is 13.8. The fourth-order valence-electron chi connectivity index (χ4n) is 1.79. The maximum absolute atomic E-state index is 13.8. The van der Waals surface area contributed by atoms with Crippen molar-refractivity contribution >= 4 is 48.3 Å². The predicted octanol–water partition coefficient (Wildman–Crippen LogP) is 4.95. The van der Waals surface area contributed by atoms with E-state index < -0.39 is 0 Å². The van der Waals surface area contributed by atoms with E-state index in [1.54, 1.807) is 19.2 Å². The van der Waals surface area contributed by atoms with Gasteiger partial charge in [0.15, 0.2) is 5.13 Å². The largest absolute Gasteiger partial charge is 0.497 e. The topological polar surface area (TPSA) is 34.1 Å². The van der Waals surface area contributed by atoms with Crippen LogP contribution in [-0.4, -0.2) is 12.1 Å². The lowest BCUT2D eigenvalue weighted by Gasteiger charge is -2.03. The van der Waals surface area contributed by atoms with Crippen molar-refractivity contribution in [1.82, 2.24) is 4.98 Å². The van der Waals surface area contributed by atoms with Crippen LogP contribution in [-0.2, 0) is 0 Å². The molecule has 3 rings (SSSR count). The molecule has 0 atom stereocenters. The van der Waals surface area contributed by atoms with Gasteiger partial charge in [-0.15, -0.1) is 0 Å². The van der Waals surface area contributed by atoms with Gasteiger partial charge in [-0.25, -0.2) is 9.37 Å². The fraction of sp³-hybridized carbons (Fsp3) is 0.0714. The second kappa shape index (κ2) is 5.38. The van der Waals surface area contributed by atoms with Gasteiger partial charge in [-0.1, -0.05) is 27.3 Å². The van der Waals surface area contributed by atoms with E-state index in [0.29, 0.717) is 15.3 Å². The number of nitrogens with zero attached hydrogens (tertiary/aromatic N) is 1. The summed E-state index contributed by atoms with van der Waals surface area (Å²) in [7, 11) is 1.62. The van der Waals surface area contributed by atoms with Crippen molar-refractivity contribution in [2.75, 3.05) is 12.4 Å². The molecule has 0 aliphatic rings. The van der Waals surface area contributed by atoms with Crippen molar-refractivity contribution in [2.45, 2.75) is 0 Å². The summed E-state index contributed by atoms with van der Waals surface area (Å²) < 4.78 is 20.6. The summed E-state index contributed by atoms with van der Waals surface area (Å²) in [6.45, 7) is 0. The Hall–Kier alpha value is -1.66. The molecule has 3 nitrogen and oxygen atoms in total. The van der Waals surface area contributed by atoms with E-state index in [2.05, 4.69) is 26.2 Å². The van der Waals surface area contributed by atoms with Crippen LogP contribution in [0.4, 0.5) is 15.2 Å². The lowest BCUT2D eigenvalue weighted by Crippen LogP contribution is -1.92. The van der Waals surface area contributed by atoms with Crippen LogP contribution in [0.5, 0.6) is 5.75 Å². The van der Waals surface area contributed by atoms with E-state index in [4.69, 9.17) is 4.74 Å². The highest BCUT2D eigenvalue weighted by atomic mass is 79.9. The SMILES string of the molecule is COc1ccc2nc(Nc3ccc(Br)cc3F)sc2c1. The summed E-state index contributed by atoms with van der Waals surface area (Å²) in [4.78, 5) is 4.42. The number of fused-ring (bicyclic) bond motifs is 1. The van der Waals surface area contributed by atoms with E-state index in [9.17, 15) is 4.39 Å². The molecule has 0 unspecified atom stereocenters. The zero-order valence-electron chi connectivity index (χ0n) is 10.5. The molecule has 102 valence electrons. The van der Waals surface area contributed by atoms with Gasteiger partial charge in [-0.2, -0.15) is 0 Å². The van der Waals surface area contributed by atoms with Gasteiger partial charge < -0.3 is 10.1 Å². The molecule has 0 bridgehead atoms. The van der Waals surface area contributed by atoms with Crippen LogP contribution in [0.25, 0.3) is 10.2 Å². The number of ether oxygens (including phenoxy) is 1. The number of aromatic nitrogens is 1. The molecule has 1 aromatic heterocycles. The second-order valence-corrected chi connectivity index (χ2v) is 6.05. The van der Waals surface area contributed by atoms with Crippen molar-refractivity contribution < 1.29 is 9.13 Å². The standard InChI is InChI=1S/C14H10BrFN2OS/c1-19-9-3-5-12-13(7-9)20-14(18-12)17-11-4-2-8(15)6-10(11)16/h2-7H,1H3,(H,17,18). The Morgan fingerprint density at radius 1 is 1.25 bits per heavy atom. The van der Waals surface area contributed by atoms with Crippen molar-refractivity contribution in [3.63, 3.8) is 0 Å². The molecule has 0 spiro atoms. The summed E-state index contributed by atoms with van der Waals surface area (Å²) in [5.74, 6) is 0.457. The molecule has 0 saturated heterocycles. The molecule has 2 aromatic carbocycles. The Morgan fingerprint density at radius 2 is 2.10 bits per heavy atom. The highest BCUT2D eigenvalue weighted by molar-refractivity contribution is 9.10. The summed E-state index contributed by atoms with van der Waals surface area (Å²) in [6.07, 6.45) is 0. The van der Waals surface area contributed by atoms with Crippen molar-refractivity contribution in [3.8, 4) is 5.75 Å². The summed E-state index contributed by atoms with van der Waals surface area (Å²) >= 11 is 4.68. The van der Waals surface area contributed by atoms with Crippen molar-refractivity contribution in [2.24, 2.45) is 0 Å². The maximum Gasteiger partial charge on any atom is 0.188 e. The van der Waals surface area contributed by atoms with Gasteiger partial charge in [0.05, 0.1) is 23.0 Å². The minimum atomic E-state index is -0.323. The van der Waals surface area contributed by atoms with E-state index in [1.807, 2.05) is 18.2 Å². The lowest BCUT2D eigenvalue weighted by atomic mass is 10.3. The third-order valence-corrected chi connectivity index (χ3v) is 4.20. The number of rotatable bonds is 3. The summed E-state index contributed by atoms with van der Waals surface area (Å²) in [6, 6.07) is 10.5. The van der Waals surface area contributed by atoms with E-state index in [0.717, 1.165) is 16.0 Å². The molecular weight excluding hydrogens is 343 g/mol. The van der Waals surface area contributed by atoms with Gasteiger partial charge in [0.25, 0.3) is 0 Å². The molecule has 0 saturated carbocycles. The monoisotopic (exact) mass is 352 g/mol. The first-order chi connectivity index (χ1) is 9.65. The first kappa shape index (κ1) is 13.3. The highest BCUT2D eigenvalue weighted by Gasteiger charge is 2.08. The molecule has 0 fully saturated rings. The van der Waals surface area contributed by atoms with Crippen LogP contribution >= 0.6 is 27.3 Å². The van der Waals surface area contributed by atoms with Crippen molar-refractivity contribution in [1.29, 1.82) is 0 Å². The minimum Gasteiger partial charge on any atom is -0.497 e. The minimum absolute atomic E-state index is 0.323. The molecular formula is C14H10BrFN2OS. The highest BCUT2D eigenvalue weighted by Crippen LogP contribution is 2.31. The molecule has 20 heavy (non-hydrogen) atoms. The third kappa shape index (κ3) is 2.62.